The minimum Gasteiger partial charge on any atom is -0.481 e. The quantitative estimate of drug-likeness (QED) is 0.492. The number of aliphatic hydroxyl groups excluding tert-OH is 1. The van der Waals surface area contributed by atoms with Crippen molar-refractivity contribution in [1.29, 1.82) is 0 Å². The molecule has 3 N–H and O–H groups in total. The maximum Gasteiger partial charge on any atom is 0.304 e. The summed E-state index contributed by atoms with van der Waals surface area (Å²) in [7, 11) is 0. The third-order valence-electron chi connectivity index (χ3n) is 6.76. The lowest BCUT2D eigenvalue weighted by molar-refractivity contribution is -0.136. The van der Waals surface area contributed by atoms with E-state index in [0.29, 0.717) is 50.7 Å². The summed E-state index contributed by atoms with van der Waals surface area (Å²) in [5.74, 6) is -0.120. The van der Waals surface area contributed by atoms with E-state index in [-0.39, 0.29) is 18.2 Å². The fraction of sp³-hybridized carbons (Fsp3) is 0.480. The molecule has 0 radical (unpaired) electrons. The number of rotatable bonds is 8. The molecule has 182 valence electrons. The first-order chi connectivity index (χ1) is 16.3. The topological polar surface area (TPSA) is 106 Å². The Hall–Kier alpha value is -2.68. The predicted octanol–water partition coefficient (Wildman–Crippen LogP) is 2.77. The summed E-state index contributed by atoms with van der Waals surface area (Å²) in [5.41, 5.74) is 2.94. The maximum absolute atomic E-state index is 13.5. The Morgan fingerprint density at radius 2 is 1.88 bits per heavy atom. The number of aliphatic carboxylic acids is 1. The SMILES string of the molecule is C[C@@H]1C[C@@H](O)c2ccnc(N3CCN(C(=O)[C@H](CNCCC(=O)O)c4ccc(Cl)cc4)CC3)c21. The third-order valence-corrected chi connectivity index (χ3v) is 7.01. The molecule has 0 unspecified atom stereocenters. The van der Waals surface area contributed by atoms with E-state index in [1.807, 2.05) is 23.1 Å². The van der Waals surface area contributed by atoms with Crippen molar-refractivity contribution in [2.45, 2.75) is 37.7 Å². The van der Waals surface area contributed by atoms with Crippen LogP contribution in [0.4, 0.5) is 5.82 Å². The van der Waals surface area contributed by atoms with E-state index in [1.165, 1.54) is 0 Å². The van der Waals surface area contributed by atoms with E-state index in [9.17, 15) is 14.7 Å². The molecule has 1 fully saturated rings. The second kappa shape index (κ2) is 10.7. The zero-order valence-corrected chi connectivity index (χ0v) is 20.0. The normalized spacial score (nSPS) is 20.8. The van der Waals surface area contributed by atoms with Gasteiger partial charge < -0.3 is 25.3 Å². The molecule has 1 aliphatic heterocycles. The second-order valence-corrected chi connectivity index (χ2v) is 9.49. The first-order valence-corrected chi connectivity index (χ1v) is 12.1. The highest BCUT2D eigenvalue weighted by atomic mass is 35.5. The van der Waals surface area contributed by atoms with Crippen LogP contribution in [-0.2, 0) is 9.59 Å². The van der Waals surface area contributed by atoms with Crippen molar-refractivity contribution >= 4 is 29.3 Å². The number of carboxylic acids is 1. The Morgan fingerprint density at radius 1 is 1.18 bits per heavy atom. The highest BCUT2D eigenvalue weighted by Crippen LogP contribution is 2.44. The Kier molecular flexibility index (Phi) is 7.70. The molecule has 1 aliphatic carbocycles. The Labute approximate surface area is 204 Å². The van der Waals surface area contributed by atoms with Crippen LogP contribution in [0.5, 0.6) is 0 Å². The summed E-state index contributed by atoms with van der Waals surface area (Å²) in [6.45, 7) is 5.25. The minimum absolute atomic E-state index is 0.00171. The van der Waals surface area contributed by atoms with E-state index in [0.717, 1.165) is 22.5 Å². The summed E-state index contributed by atoms with van der Waals surface area (Å²) in [6.07, 6.45) is 2.03. The lowest BCUT2D eigenvalue weighted by Crippen LogP contribution is -2.51. The van der Waals surface area contributed by atoms with Gasteiger partial charge >= 0.3 is 5.97 Å². The van der Waals surface area contributed by atoms with E-state index < -0.39 is 18.0 Å². The molecule has 8 nitrogen and oxygen atoms in total. The summed E-state index contributed by atoms with van der Waals surface area (Å²) < 4.78 is 0. The Bertz CT molecular complexity index is 1020. The average Bonchev–Trinajstić information content (AvgIpc) is 3.13. The number of nitrogens with one attached hydrogen (secondary N) is 1. The molecule has 1 amide bonds. The maximum atomic E-state index is 13.5. The molecule has 9 heteroatoms. The summed E-state index contributed by atoms with van der Waals surface area (Å²) >= 11 is 6.04. The molecule has 2 heterocycles. The molecule has 0 bridgehead atoms. The van der Waals surface area contributed by atoms with Crippen molar-refractivity contribution in [3.05, 3.63) is 58.2 Å². The average molecular weight is 487 g/mol. The monoisotopic (exact) mass is 486 g/mol. The van der Waals surface area contributed by atoms with Gasteiger partial charge in [-0.2, -0.15) is 0 Å². The van der Waals surface area contributed by atoms with Gasteiger partial charge in [0.1, 0.15) is 5.82 Å². The van der Waals surface area contributed by atoms with Gasteiger partial charge in [0.2, 0.25) is 5.91 Å². The molecule has 4 rings (SSSR count). The molecule has 2 aliphatic rings. The predicted molar refractivity (Wildman–Crippen MR) is 130 cm³/mol. The third kappa shape index (κ3) is 5.35. The van der Waals surface area contributed by atoms with Gasteiger partial charge in [0, 0.05) is 56.1 Å². The van der Waals surface area contributed by atoms with Gasteiger partial charge in [-0.1, -0.05) is 30.7 Å². The number of benzene rings is 1. The lowest BCUT2D eigenvalue weighted by atomic mass is 9.96. The van der Waals surface area contributed by atoms with Crippen molar-refractivity contribution in [1.82, 2.24) is 15.2 Å². The van der Waals surface area contributed by atoms with Crippen LogP contribution in [0.1, 0.15) is 54.4 Å². The molecule has 1 saturated heterocycles. The van der Waals surface area contributed by atoms with Gasteiger partial charge in [-0.25, -0.2) is 4.98 Å². The van der Waals surface area contributed by atoms with Crippen LogP contribution in [-0.4, -0.2) is 71.2 Å². The number of pyridine rings is 1. The molecule has 3 atom stereocenters. The molecule has 0 spiro atoms. The molecule has 34 heavy (non-hydrogen) atoms. The highest BCUT2D eigenvalue weighted by molar-refractivity contribution is 6.30. The van der Waals surface area contributed by atoms with Crippen LogP contribution >= 0.6 is 11.6 Å². The molecule has 1 aromatic carbocycles. The Balaban J connectivity index is 1.44. The number of carbonyl (C=O) groups is 2. The molecule has 0 saturated carbocycles. The van der Waals surface area contributed by atoms with Gasteiger partial charge in [0.15, 0.2) is 0 Å². The van der Waals surface area contributed by atoms with E-state index >= 15 is 0 Å². The number of aromatic nitrogens is 1. The van der Waals surface area contributed by atoms with Crippen molar-refractivity contribution in [3.63, 3.8) is 0 Å². The number of aliphatic hydroxyl groups is 1. The Morgan fingerprint density at radius 3 is 2.56 bits per heavy atom. The summed E-state index contributed by atoms with van der Waals surface area (Å²) in [5, 5.41) is 23.0. The summed E-state index contributed by atoms with van der Waals surface area (Å²) in [6, 6.07) is 9.14. The fourth-order valence-electron chi connectivity index (χ4n) is 4.95. The van der Waals surface area contributed by atoms with Crippen LogP contribution in [0.25, 0.3) is 0 Å². The van der Waals surface area contributed by atoms with Crippen LogP contribution < -0.4 is 10.2 Å². The fourth-order valence-corrected chi connectivity index (χ4v) is 5.07. The van der Waals surface area contributed by atoms with E-state index in [4.69, 9.17) is 16.7 Å². The van der Waals surface area contributed by atoms with Crippen molar-refractivity contribution in [2.75, 3.05) is 44.2 Å². The van der Waals surface area contributed by atoms with Crippen LogP contribution in [0.3, 0.4) is 0 Å². The number of hydrogen-bond acceptors (Lipinski definition) is 6. The van der Waals surface area contributed by atoms with Gasteiger partial charge in [0.25, 0.3) is 0 Å². The molecular weight excluding hydrogens is 456 g/mol. The van der Waals surface area contributed by atoms with Crippen molar-refractivity contribution in [2.24, 2.45) is 0 Å². The van der Waals surface area contributed by atoms with Crippen molar-refractivity contribution in [3.8, 4) is 0 Å². The number of amides is 1. The number of carboxylic acid groups (broad SMARTS) is 1. The van der Waals surface area contributed by atoms with Crippen LogP contribution in [0, 0.1) is 0 Å². The number of carbonyl (C=O) groups excluding carboxylic acids is 1. The van der Waals surface area contributed by atoms with Gasteiger partial charge in [-0.15, -0.1) is 0 Å². The molecular formula is C25H31ClN4O4. The lowest BCUT2D eigenvalue weighted by Gasteiger charge is -2.38. The van der Waals surface area contributed by atoms with Gasteiger partial charge in [0.05, 0.1) is 18.4 Å². The van der Waals surface area contributed by atoms with Crippen LogP contribution in [0.2, 0.25) is 5.02 Å². The highest BCUT2D eigenvalue weighted by Gasteiger charge is 2.34. The number of halogens is 1. The number of piperazine rings is 1. The standard InChI is InChI=1S/C25H31ClN4O4/c1-16-14-21(31)19-6-9-28-24(23(16)19)29-10-12-30(13-11-29)25(34)20(15-27-8-7-22(32)33)17-2-4-18(26)5-3-17/h2-6,9,16,20-21,27,31H,7-8,10-15H2,1H3,(H,32,33)/t16-,20-,21-/m1/s1. The van der Waals surface area contributed by atoms with Gasteiger partial charge in [-0.05, 0) is 41.7 Å². The smallest absolute Gasteiger partial charge is 0.304 e. The van der Waals surface area contributed by atoms with Gasteiger partial charge in [-0.3, -0.25) is 9.59 Å². The van der Waals surface area contributed by atoms with Crippen LogP contribution in [0.15, 0.2) is 36.5 Å². The van der Waals surface area contributed by atoms with E-state index in [2.05, 4.69) is 22.1 Å². The number of hydrogen-bond donors (Lipinski definition) is 3. The number of fused-ring (bicyclic) bond motifs is 1. The zero-order valence-electron chi connectivity index (χ0n) is 19.3. The number of nitrogens with zero attached hydrogens (tertiary/aromatic N) is 3. The first kappa shape index (κ1) is 24.4. The molecule has 2 aromatic rings. The number of anilines is 1. The minimum atomic E-state index is -0.874. The zero-order chi connectivity index (χ0) is 24.2. The van der Waals surface area contributed by atoms with Crippen molar-refractivity contribution < 1.29 is 19.8 Å². The first-order valence-electron chi connectivity index (χ1n) is 11.7. The van der Waals surface area contributed by atoms with E-state index in [1.54, 1.807) is 18.3 Å². The summed E-state index contributed by atoms with van der Waals surface area (Å²) in [4.78, 5) is 33.0. The largest absolute Gasteiger partial charge is 0.481 e. The molecule has 1 aromatic heterocycles. The second-order valence-electron chi connectivity index (χ2n) is 9.05.